The van der Waals surface area contributed by atoms with Crippen LogP contribution in [0.5, 0.6) is 0 Å². The number of hydrogen-bond acceptors (Lipinski definition) is 4. The number of benzene rings is 7. The zero-order chi connectivity index (χ0) is 39.0. The Balaban J connectivity index is 0.962. The van der Waals surface area contributed by atoms with Crippen LogP contribution in [0.4, 0.5) is 0 Å². The molecule has 13 rings (SSSR count). The molecule has 0 atom stereocenters. The Kier molecular flexibility index (Phi) is 7.08. The number of thiophene rings is 2. The summed E-state index contributed by atoms with van der Waals surface area (Å²) in [5, 5.41) is 3.78. The normalized spacial score (nSPS) is 15.9. The second-order valence-corrected chi connectivity index (χ2v) is 19.7. The lowest BCUT2D eigenvalue weighted by molar-refractivity contribution is 0.353. The highest BCUT2D eigenvalue weighted by molar-refractivity contribution is 7.27. The zero-order valence-electron chi connectivity index (χ0n) is 33.1. The first-order valence-corrected chi connectivity index (χ1v) is 22.7. The van der Waals surface area contributed by atoms with E-state index in [1.165, 1.54) is 112 Å². The molecule has 1 spiro atoms. The molecule has 7 aromatic carbocycles. The summed E-state index contributed by atoms with van der Waals surface area (Å²) in [5.74, 6) is 0.768. The van der Waals surface area contributed by atoms with E-state index in [2.05, 4.69) is 159 Å². The van der Waals surface area contributed by atoms with Gasteiger partial charge in [-0.15, -0.1) is 22.7 Å². The van der Waals surface area contributed by atoms with Crippen molar-refractivity contribution in [3.05, 3.63) is 168 Å². The molecule has 0 N–H and O–H groups in total. The van der Waals surface area contributed by atoms with Crippen LogP contribution in [0.3, 0.4) is 0 Å². The molecule has 2 nitrogen and oxygen atoms in total. The number of fused-ring (bicyclic) bond motifs is 14. The molecule has 1 fully saturated rings. The molecule has 3 aliphatic carbocycles. The fourth-order valence-electron chi connectivity index (χ4n) is 11.2. The van der Waals surface area contributed by atoms with Crippen LogP contribution in [0, 0.1) is 0 Å². The van der Waals surface area contributed by atoms with Gasteiger partial charge in [-0.05, 0) is 105 Å². The maximum atomic E-state index is 5.36. The van der Waals surface area contributed by atoms with Gasteiger partial charge in [0, 0.05) is 52.2 Å². The Bertz CT molecular complexity index is 3400. The van der Waals surface area contributed by atoms with Crippen molar-refractivity contribution >= 4 is 63.1 Å². The third-order valence-electron chi connectivity index (χ3n) is 14.1. The van der Waals surface area contributed by atoms with E-state index in [0.717, 1.165) is 27.3 Å². The van der Waals surface area contributed by atoms with Crippen molar-refractivity contribution in [3.63, 3.8) is 0 Å². The van der Waals surface area contributed by atoms with Crippen molar-refractivity contribution < 1.29 is 0 Å². The van der Waals surface area contributed by atoms with Gasteiger partial charge in [0.15, 0.2) is 5.82 Å². The van der Waals surface area contributed by atoms with Crippen molar-refractivity contribution in [1.29, 1.82) is 0 Å². The number of aromatic nitrogens is 2. The molecule has 0 aliphatic heterocycles. The SMILES string of the molecule is CC1(C)c2ccccc2-c2cc3c(cc21)-c1ccc(-c2ccc4sc5c(-c6nc(-c7ccccc7)nc7c6sc6ccccc67)cccc5c4c2)cc1C31CCCCC1. The Morgan fingerprint density at radius 3 is 2.00 bits per heavy atom. The maximum Gasteiger partial charge on any atom is 0.160 e. The maximum absolute atomic E-state index is 5.36. The average Bonchev–Trinajstić information content (AvgIpc) is 3.99. The topological polar surface area (TPSA) is 25.8 Å². The highest BCUT2D eigenvalue weighted by atomic mass is 32.1. The van der Waals surface area contributed by atoms with Gasteiger partial charge < -0.3 is 0 Å². The van der Waals surface area contributed by atoms with Crippen molar-refractivity contribution in [2.45, 2.75) is 56.8 Å². The van der Waals surface area contributed by atoms with E-state index >= 15 is 0 Å². The van der Waals surface area contributed by atoms with E-state index in [1.54, 1.807) is 22.5 Å². The van der Waals surface area contributed by atoms with Gasteiger partial charge in [-0.1, -0.05) is 142 Å². The Labute approximate surface area is 351 Å². The van der Waals surface area contributed by atoms with E-state index < -0.39 is 0 Å². The van der Waals surface area contributed by atoms with Gasteiger partial charge in [-0.2, -0.15) is 0 Å². The lowest BCUT2D eigenvalue weighted by atomic mass is 9.67. The number of hydrogen-bond donors (Lipinski definition) is 0. The second-order valence-electron chi connectivity index (χ2n) is 17.6. The van der Waals surface area contributed by atoms with Crippen LogP contribution in [0.1, 0.15) is 68.2 Å². The van der Waals surface area contributed by atoms with Crippen molar-refractivity contribution in [1.82, 2.24) is 9.97 Å². The molecule has 0 saturated heterocycles. The summed E-state index contributed by atoms with van der Waals surface area (Å²) in [6, 6.07) is 54.7. The smallest absolute Gasteiger partial charge is 0.160 e. The molecular formula is C55H40N2S2. The van der Waals surface area contributed by atoms with E-state index in [4.69, 9.17) is 9.97 Å². The second kappa shape index (κ2) is 12.3. The molecule has 3 aromatic heterocycles. The fourth-order valence-corrected chi connectivity index (χ4v) is 13.6. The van der Waals surface area contributed by atoms with Crippen LogP contribution < -0.4 is 0 Å². The zero-order valence-corrected chi connectivity index (χ0v) is 34.7. The summed E-state index contributed by atoms with van der Waals surface area (Å²) in [6.07, 6.45) is 6.33. The largest absolute Gasteiger partial charge is 0.226 e. The minimum atomic E-state index is -0.0104. The van der Waals surface area contributed by atoms with E-state index in [1.807, 2.05) is 11.3 Å². The van der Waals surface area contributed by atoms with Crippen LogP contribution in [0.25, 0.3) is 96.5 Å². The molecule has 0 unspecified atom stereocenters. The lowest BCUT2D eigenvalue weighted by Crippen LogP contribution is -2.28. The molecule has 59 heavy (non-hydrogen) atoms. The van der Waals surface area contributed by atoms with Gasteiger partial charge >= 0.3 is 0 Å². The van der Waals surface area contributed by atoms with Crippen LogP contribution in [-0.2, 0) is 10.8 Å². The monoisotopic (exact) mass is 792 g/mol. The van der Waals surface area contributed by atoms with E-state index in [-0.39, 0.29) is 10.8 Å². The molecule has 3 heterocycles. The lowest BCUT2D eigenvalue weighted by Gasteiger charge is -2.36. The van der Waals surface area contributed by atoms with Crippen LogP contribution in [0.15, 0.2) is 146 Å². The fraction of sp³-hybridized carbons (Fsp3) is 0.164. The molecule has 0 amide bonds. The molecule has 4 heteroatoms. The highest BCUT2D eigenvalue weighted by Gasteiger charge is 2.46. The van der Waals surface area contributed by atoms with Gasteiger partial charge in [-0.3, -0.25) is 0 Å². The Morgan fingerprint density at radius 2 is 1.10 bits per heavy atom. The van der Waals surface area contributed by atoms with Crippen molar-refractivity contribution in [3.8, 4) is 56.0 Å². The quantitative estimate of drug-likeness (QED) is 0.178. The predicted molar refractivity (Wildman–Crippen MR) is 251 cm³/mol. The van der Waals surface area contributed by atoms with Crippen molar-refractivity contribution in [2.24, 2.45) is 0 Å². The van der Waals surface area contributed by atoms with Gasteiger partial charge in [0.1, 0.15) is 0 Å². The first-order chi connectivity index (χ1) is 29.0. The average molecular weight is 793 g/mol. The van der Waals surface area contributed by atoms with Crippen LogP contribution in [-0.4, -0.2) is 9.97 Å². The third kappa shape index (κ3) is 4.73. The van der Waals surface area contributed by atoms with Gasteiger partial charge in [0.05, 0.1) is 15.9 Å². The van der Waals surface area contributed by atoms with Gasteiger partial charge in [0.2, 0.25) is 0 Å². The predicted octanol–water partition coefficient (Wildman–Crippen LogP) is 15.8. The highest BCUT2D eigenvalue weighted by Crippen LogP contribution is 2.60. The van der Waals surface area contributed by atoms with Gasteiger partial charge in [-0.25, -0.2) is 9.97 Å². The first-order valence-electron chi connectivity index (χ1n) is 21.1. The van der Waals surface area contributed by atoms with Crippen molar-refractivity contribution in [2.75, 3.05) is 0 Å². The van der Waals surface area contributed by atoms with E-state index in [0.29, 0.717) is 0 Å². The summed E-state index contributed by atoms with van der Waals surface area (Å²) in [4.78, 5) is 10.5. The third-order valence-corrected chi connectivity index (χ3v) is 16.5. The summed E-state index contributed by atoms with van der Waals surface area (Å²) < 4.78 is 4.96. The molecule has 0 radical (unpaired) electrons. The standard InChI is InChI=1S/C55H40N2S2/c1-54(2)43-20-9-7-16-35(43)40-31-46-41(30-44(40)54)36-24-22-34(29-45(36)55(46)26-11-4-12-27-55)33-23-25-48-42(28-33)37-18-13-19-39(51(37)58-48)50-52-49(38-17-8-10-21-47(38)59-52)56-53(57-50)32-14-5-3-6-15-32/h3,5-10,13-25,28-31H,4,11-12,26-27H2,1-2H3. The van der Waals surface area contributed by atoms with Gasteiger partial charge in [0.25, 0.3) is 0 Å². The Morgan fingerprint density at radius 1 is 0.441 bits per heavy atom. The molecular weight excluding hydrogens is 753 g/mol. The molecule has 3 aliphatic rings. The van der Waals surface area contributed by atoms with Crippen LogP contribution >= 0.6 is 22.7 Å². The summed E-state index contributed by atoms with van der Waals surface area (Å²) in [7, 11) is 0. The Hall–Kier alpha value is -5.94. The number of nitrogens with zero attached hydrogens (tertiary/aromatic N) is 2. The molecule has 1 saturated carbocycles. The molecule has 282 valence electrons. The van der Waals surface area contributed by atoms with E-state index in [9.17, 15) is 0 Å². The minimum Gasteiger partial charge on any atom is -0.226 e. The summed E-state index contributed by atoms with van der Waals surface area (Å²) in [5.41, 5.74) is 18.7. The first kappa shape index (κ1) is 34.0. The minimum absolute atomic E-state index is 0.0104. The molecule has 0 bridgehead atoms. The summed E-state index contributed by atoms with van der Waals surface area (Å²) in [6.45, 7) is 4.82. The van der Waals surface area contributed by atoms with Crippen LogP contribution in [0.2, 0.25) is 0 Å². The summed E-state index contributed by atoms with van der Waals surface area (Å²) >= 11 is 3.68. The molecule has 10 aromatic rings. The number of rotatable bonds is 3.